The second-order valence-corrected chi connectivity index (χ2v) is 3.18. The molecule has 0 aliphatic carbocycles. The van der Waals surface area contributed by atoms with Crippen LogP contribution in [0.5, 0.6) is 0 Å². The first-order chi connectivity index (χ1) is 6.29. The molecule has 0 amide bonds. The van der Waals surface area contributed by atoms with Gasteiger partial charge in [0.25, 0.3) is 0 Å². The second-order valence-electron chi connectivity index (χ2n) is 3.18. The maximum Gasteiger partial charge on any atom is 0.0663 e. The molecule has 1 aromatic rings. The van der Waals surface area contributed by atoms with Crippen LogP contribution in [0.2, 0.25) is 0 Å². The quantitative estimate of drug-likeness (QED) is 0.600. The van der Waals surface area contributed by atoms with E-state index in [-0.39, 0.29) is 0 Å². The summed E-state index contributed by atoms with van der Waals surface area (Å²) in [6.07, 6.45) is 3.72. The zero-order valence-corrected chi connectivity index (χ0v) is 8.31. The van der Waals surface area contributed by atoms with Crippen molar-refractivity contribution in [3.8, 4) is 0 Å². The molecular formula is C9H17N3O. The summed E-state index contributed by atoms with van der Waals surface area (Å²) < 4.78 is 7.29. The average molecular weight is 183 g/mol. The summed E-state index contributed by atoms with van der Waals surface area (Å²) in [6.45, 7) is 3.32. The largest absolute Gasteiger partial charge is 0.378 e. The molecule has 0 atom stereocenters. The first kappa shape index (κ1) is 10.2. The van der Waals surface area contributed by atoms with E-state index in [1.54, 1.807) is 6.20 Å². The molecule has 0 spiro atoms. The molecule has 0 aliphatic rings. The summed E-state index contributed by atoms with van der Waals surface area (Å²) in [5.41, 5.74) is 0. The van der Waals surface area contributed by atoms with E-state index in [1.165, 1.54) is 0 Å². The molecule has 1 heterocycles. The predicted octanol–water partition coefficient (Wildman–Crippen LogP) is 0.461. The number of rotatable bonds is 6. The van der Waals surface area contributed by atoms with E-state index in [4.69, 9.17) is 4.74 Å². The van der Waals surface area contributed by atoms with Crippen LogP contribution >= 0.6 is 0 Å². The molecule has 13 heavy (non-hydrogen) atoms. The molecule has 0 aliphatic heterocycles. The highest BCUT2D eigenvalue weighted by Crippen LogP contribution is 1.85. The molecule has 0 N–H and O–H groups in total. The van der Waals surface area contributed by atoms with Gasteiger partial charge in [0, 0.05) is 18.9 Å². The molecule has 0 unspecified atom stereocenters. The highest BCUT2D eigenvalue weighted by molar-refractivity contribution is 4.77. The van der Waals surface area contributed by atoms with Crippen LogP contribution < -0.4 is 0 Å². The fourth-order valence-electron chi connectivity index (χ4n) is 0.940. The normalized spacial score (nSPS) is 11.0. The third kappa shape index (κ3) is 4.65. The monoisotopic (exact) mass is 183 g/mol. The molecule has 1 rings (SSSR count). The molecule has 0 radical (unpaired) electrons. The van der Waals surface area contributed by atoms with Crippen molar-refractivity contribution in [2.24, 2.45) is 0 Å². The average Bonchev–Trinajstić information content (AvgIpc) is 2.55. The lowest BCUT2D eigenvalue weighted by atomic mass is 10.6. The van der Waals surface area contributed by atoms with Crippen LogP contribution in [-0.2, 0) is 11.3 Å². The SMILES string of the molecule is CN(C)CCOCCn1cccn1. The van der Waals surface area contributed by atoms with E-state index in [9.17, 15) is 0 Å². The van der Waals surface area contributed by atoms with E-state index in [0.29, 0.717) is 0 Å². The lowest BCUT2D eigenvalue weighted by Gasteiger charge is -2.09. The van der Waals surface area contributed by atoms with Crippen LogP contribution in [0, 0.1) is 0 Å². The minimum atomic E-state index is 0.732. The van der Waals surface area contributed by atoms with Gasteiger partial charge in [-0.1, -0.05) is 0 Å². The first-order valence-corrected chi connectivity index (χ1v) is 4.49. The number of aromatic nitrogens is 2. The van der Waals surface area contributed by atoms with Crippen LogP contribution in [0.15, 0.2) is 18.5 Å². The molecule has 4 nitrogen and oxygen atoms in total. The maximum absolute atomic E-state index is 5.42. The highest BCUT2D eigenvalue weighted by atomic mass is 16.5. The standard InChI is InChI=1S/C9H17N3O/c1-11(2)6-8-13-9-7-12-5-3-4-10-12/h3-5H,6-9H2,1-2H3. The van der Waals surface area contributed by atoms with Crippen LogP contribution in [0.25, 0.3) is 0 Å². The summed E-state index contributed by atoms with van der Waals surface area (Å²) in [5, 5.41) is 4.08. The molecule has 0 saturated carbocycles. The molecular weight excluding hydrogens is 166 g/mol. The van der Waals surface area contributed by atoms with Crippen molar-refractivity contribution in [1.29, 1.82) is 0 Å². The predicted molar refractivity (Wildman–Crippen MR) is 51.6 cm³/mol. The summed E-state index contributed by atoms with van der Waals surface area (Å²) in [7, 11) is 4.08. The summed E-state index contributed by atoms with van der Waals surface area (Å²) in [6, 6.07) is 1.92. The Labute approximate surface area is 79.1 Å². The molecule has 4 heteroatoms. The summed E-state index contributed by atoms with van der Waals surface area (Å²) in [4.78, 5) is 2.11. The Bertz CT molecular complexity index is 209. The first-order valence-electron chi connectivity index (χ1n) is 4.49. The molecule has 74 valence electrons. The Kier molecular flexibility index (Phi) is 4.49. The number of likely N-dealkylation sites (N-methyl/N-ethyl adjacent to an activating group) is 1. The van der Waals surface area contributed by atoms with Gasteiger partial charge in [-0.25, -0.2) is 0 Å². The van der Waals surface area contributed by atoms with Gasteiger partial charge < -0.3 is 9.64 Å². The van der Waals surface area contributed by atoms with Gasteiger partial charge in [-0.15, -0.1) is 0 Å². The van der Waals surface area contributed by atoms with Crippen LogP contribution in [0.1, 0.15) is 0 Å². The van der Waals surface area contributed by atoms with Gasteiger partial charge in [0.15, 0.2) is 0 Å². The van der Waals surface area contributed by atoms with Crippen molar-refractivity contribution in [2.45, 2.75) is 6.54 Å². The summed E-state index contributed by atoms with van der Waals surface area (Å²) >= 11 is 0. The van der Waals surface area contributed by atoms with Gasteiger partial charge in [-0.05, 0) is 20.2 Å². The van der Waals surface area contributed by atoms with Crippen molar-refractivity contribution >= 4 is 0 Å². The van der Waals surface area contributed by atoms with Gasteiger partial charge in [-0.2, -0.15) is 5.10 Å². The molecule has 0 fully saturated rings. The highest BCUT2D eigenvalue weighted by Gasteiger charge is 1.92. The minimum absolute atomic E-state index is 0.732. The van der Waals surface area contributed by atoms with Crippen LogP contribution in [-0.4, -0.2) is 48.5 Å². The number of nitrogens with zero attached hydrogens (tertiary/aromatic N) is 3. The van der Waals surface area contributed by atoms with Gasteiger partial charge in [0.05, 0.1) is 19.8 Å². The van der Waals surface area contributed by atoms with Gasteiger partial charge in [-0.3, -0.25) is 4.68 Å². The molecule has 1 aromatic heterocycles. The van der Waals surface area contributed by atoms with E-state index < -0.39 is 0 Å². The fourth-order valence-corrected chi connectivity index (χ4v) is 0.940. The molecule has 0 bridgehead atoms. The van der Waals surface area contributed by atoms with Crippen LogP contribution in [0.3, 0.4) is 0 Å². The van der Waals surface area contributed by atoms with Crippen molar-refractivity contribution in [3.05, 3.63) is 18.5 Å². The Morgan fingerprint density at radius 2 is 2.23 bits per heavy atom. The van der Waals surface area contributed by atoms with Gasteiger partial charge >= 0.3 is 0 Å². The zero-order valence-electron chi connectivity index (χ0n) is 8.31. The Hall–Kier alpha value is -0.870. The van der Waals surface area contributed by atoms with E-state index in [0.717, 1.165) is 26.3 Å². The van der Waals surface area contributed by atoms with Crippen LogP contribution in [0.4, 0.5) is 0 Å². The number of hydrogen-bond acceptors (Lipinski definition) is 3. The Morgan fingerprint density at radius 3 is 2.85 bits per heavy atom. The zero-order chi connectivity index (χ0) is 9.52. The summed E-state index contributed by atoms with van der Waals surface area (Å²) in [5.74, 6) is 0. The number of ether oxygens (including phenoxy) is 1. The molecule has 0 aromatic carbocycles. The molecule has 0 saturated heterocycles. The van der Waals surface area contributed by atoms with Gasteiger partial charge in [0.1, 0.15) is 0 Å². The Balaban J connectivity index is 1.96. The fraction of sp³-hybridized carbons (Fsp3) is 0.667. The van der Waals surface area contributed by atoms with Gasteiger partial charge in [0.2, 0.25) is 0 Å². The van der Waals surface area contributed by atoms with Crippen molar-refractivity contribution in [3.63, 3.8) is 0 Å². The number of hydrogen-bond donors (Lipinski definition) is 0. The third-order valence-electron chi connectivity index (χ3n) is 1.71. The smallest absolute Gasteiger partial charge is 0.0663 e. The van der Waals surface area contributed by atoms with Crippen molar-refractivity contribution < 1.29 is 4.74 Å². The topological polar surface area (TPSA) is 30.3 Å². The van der Waals surface area contributed by atoms with E-state index in [2.05, 4.69) is 10.00 Å². The van der Waals surface area contributed by atoms with Crippen molar-refractivity contribution in [2.75, 3.05) is 33.9 Å². The third-order valence-corrected chi connectivity index (χ3v) is 1.71. The van der Waals surface area contributed by atoms with E-state index >= 15 is 0 Å². The minimum Gasteiger partial charge on any atom is -0.378 e. The van der Waals surface area contributed by atoms with Crippen molar-refractivity contribution in [1.82, 2.24) is 14.7 Å². The Morgan fingerprint density at radius 1 is 1.38 bits per heavy atom. The maximum atomic E-state index is 5.42. The van der Waals surface area contributed by atoms with E-state index in [1.807, 2.05) is 31.0 Å². The lowest BCUT2D eigenvalue weighted by molar-refractivity contribution is 0.109. The lowest BCUT2D eigenvalue weighted by Crippen LogP contribution is -2.19. The second kappa shape index (κ2) is 5.72.